The van der Waals surface area contributed by atoms with Gasteiger partial charge in [-0.1, -0.05) is 203 Å². The van der Waals surface area contributed by atoms with E-state index in [9.17, 15) is 61.0 Å². The van der Waals surface area contributed by atoms with Crippen LogP contribution in [0.4, 0.5) is 0 Å². The normalized spacial score (nSPS) is 29.6. The van der Waals surface area contributed by atoms with E-state index < -0.39 is 124 Å². The lowest BCUT2D eigenvalue weighted by molar-refractivity contribution is -0.379. The molecule has 3 fully saturated rings. The fraction of sp³-hybridized carbons (Fsp3) is 0.831. The number of unbranched alkanes of at least 4 members (excludes halogenated alkanes) is 24. The average Bonchev–Trinajstić information content (AvgIpc) is 2.82. The predicted molar refractivity (Wildman–Crippen MR) is 323 cm³/mol. The summed E-state index contributed by atoms with van der Waals surface area (Å²) in [4.78, 5) is 13.4. The molecule has 488 valence electrons. The number of nitrogens with one attached hydrogen (secondary N) is 1. The number of hydrogen-bond donors (Lipinski definition) is 12. The zero-order valence-corrected chi connectivity index (χ0v) is 51.1. The molecule has 19 heteroatoms. The van der Waals surface area contributed by atoms with Crippen LogP contribution in [0.5, 0.6) is 0 Å². The van der Waals surface area contributed by atoms with Crippen LogP contribution in [-0.2, 0) is 33.2 Å². The number of aliphatic hydroxyl groups is 11. The highest BCUT2D eigenvalue weighted by Crippen LogP contribution is 2.33. The van der Waals surface area contributed by atoms with Gasteiger partial charge in [-0.2, -0.15) is 0 Å². The maximum atomic E-state index is 13.4. The van der Waals surface area contributed by atoms with Crippen molar-refractivity contribution >= 4 is 5.91 Å². The minimum absolute atomic E-state index is 0.222. The molecule has 3 aliphatic heterocycles. The third-order valence-corrected chi connectivity index (χ3v) is 16.0. The van der Waals surface area contributed by atoms with Gasteiger partial charge in [-0.15, -0.1) is 0 Å². The molecule has 0 bridgehead atoms. The standard InChI is InChI=1S/C65H115NO18/c1-3-5-7-9-11-13-15-17-19-21-22-23-24-25-27-28-30-32-34-36-38-40-42-49(70)48(66-53(71)43-41-39-37-35-33-31-29-26-20-18-16-14-12-10-8-6-4-2)47-79-63-59(77)56(74)61(51(45-68)81-63)84-65-60(78)57(75)62(52(46-69)82-65)83-64-58(76)55(73)54(72)50(44-67)80-64/h6,8,12,14,18,20,32,34,40,42,48-52,54-65,67-70,72-78H,3-5,7,9-11,13,15-17,19,21-31,33,35-39,41,43-47H2,1-2H3,(H,66,71)/b8-6-,14-12-,20-18-,34-32+,42-40+. The number of carbonyl (C=O) groups is 1. The highest BCUT2D eigenvalue weighted by Gasteiger charge is 2.53. The number of amides is 1. The molecule has 1 amide bonds. The van der Waals surface area contributed by atoms with Gasteiger partial charge in [-0.05, 0) is 64.2 Å². The highest BCUT2D eigenvalue weighted by atomic mass is 16.8. The molecule has 12 N–H and O–H groups in total. The van der Waals surface area contributed by atoms with E-state index >= 15 is 0 Å². The average molecular weight is 1200 g/mol. The van der Waals surface area contributed by atoms with Gasteiger partial charge in [0.15, 0.2) is 18.9 Å². The van der Waals surface area contributed by atoms with Gasteiger partial charge in [-0.25, -0.2) is 0 Å². The third-order valence-electron chi connectivity index (χ3n) is 16.0. The second-order valence-electron chi connectivity index (χ2n) is 23.2. The smallest absolute Gasteiger partial charge is 0.220 e. The molecule has 3 heterocycles. The van der Waals surface area contributed by atoms with Crippen molar-refractivity contribution in [3.8, 4) is 0 Å². The minimum Gasteiger partial charge on any atom is -0.394 e. The first-order valence-corrected chi connectivity index (χ1v) is 32.5. The summed E-state index contributed by atoms with van der Waals surface area (Å²) in [5.41, 5.74) is 0. The summed E-state index contributed by atoms with van der Waals surface area (Å²) in [5.74, 6) is -0.297. The van der Waals surface area contributed by atoms with Crippen molar-refractivity contribution in [3.05, 3.63) is 60.8 Å². The van der Waals surface area contributed by atoms with Crippen molar-refractivity contribution in [3.63, 3.8) is 0 Å². The van der Waals surface area contributed by atoms with E-state index in [0.717, 1.165) is 83.5 Å². The van der Waals surface area contributed by atoms with E-state index in [0.29, 0.717) is 12.8 Å². The Morgan fingerprint density at radius 2 is 0.833 bits per heavy atom. The van der Waals surface area contributed by atoms with Crippen LogP contribution >= 0.6 is 0 Å². The largest absolute Gasteiger partial charge is 0.394 e. The molecule has 0 saturated carbocycles. The molecule has 84 heavy (non-hydrogen) atoms. The van der Waals surface area contributed by atoms with Crippen LogP contribution in [0.2, 0.25) is 0 Å². The van der Waals surface area contributed by atoms with Crippen molar-refractivity contribution in [1.29, 1.82) is 0 Å². The van der Waals surface area contributed by atoms with Crippen LogP contribution in [0.25, 0.3) is 0 Å². The highest BCUT2D eigenvalue weighted by molar-refractivity contribution is 5.76. The maximum Gasteiger partial charge on any atom is 0.220 e. The second-order valence-corrected chi connectivity index (χ2v) is 23.2. The van der Waals surface area contributed by atoms with Gasteiger partial charge in [0.1, 0.15) is 73.2 Å². The predicted octanol–water partition coefficient (Wildman–Crippen LogP) is 7.21. The van der Waals surface area contributed by atoms with E-state index in [4.69, 9.17) is 28.4 Å². The molecule has 0 spiro atoms. The second kappa shape index (κ2) is 47.5. The molecule has 17 unspecified atom stereocenters. The molecule has 3 saturated heterocycles. The Labute approximate surface area is 503 Å². The van der Waals surface area contributed by atoms with Crippen molar-refractivity contribution in [2.24, 2.45) is 0 Å². The van der Waals surface area contributed by atoms with Crippen molar-refractivity contribution in [2.75, 3.05) is 26.4 Å². The van der Waals surface area contributed by atoms with Crippen LogP contribution in [0, 0.1) is 0 Å². The molecule has 19 nitrogen and oxygen atoms in total. The molecule has 3 aliphatic rings. The summed E-state index contributed by atoms with van der Waals surface area (Å²) in [6.07, 6.45) is 29.1. The van der Waals surface area contributed by atoms with Crippen molar-refractivity contribution < 1.29 is 89.4 Å². The summed E-state index contributed by atoms with van der Waals surface area (Å²) >= 11 is 0. The lowest BCUT2D eigenvalue weighted by Crippen LogP contribution is -2.66. The van der Waals surface area contributed by atoms with Crippen LogP contribution < -0.4 is 5.32 Å². The summed E-state index contributed by atoms with van der Waals surface area (Å²) < 4.78 is 34.3. The molecular formula is C65H115NO18. The summed E-state index contributed by atoms with van der Waals surface area (Å²) in [6.45, 7) is 1.59. The molecule has 0 aliphatic carbocycles. The van der Waals surface area contributed by atoms with Gasteiger partial charge >= 0.3 is 0 Å². The van der Waals surface area contributed by atoms with E-state index in [1.54, 1.807) is 6.08 Å². The Hall–Kier alpha value is -2.51. The SMILES string of the molecule is CC/C=C\C/C=C\C/C=C\CCCCCCCCCC(=O)NC(COC1OC(CO)C(OC2OC(CO)C(OC3OC(CO)C(O)C(O)C3O)C(O)C2O)C(O)C1O)C(O)/C=C/CC/C=C/CCCCCCCCCCCCCCCCCC. The van der Waals surface area contributed by atoms with E-state index in [2.05, 4.69) is 67.8 Å². The van der Waals surface area contributed by atoms with Crippen LogP contribution in [0.3, 0.4) is 0 Å². The molecular weight excluding hydrogens is 1080 g/mol. The number of rotatable bonds is 48. The number of carbonyl (C=O) groups excluding carboxylic acids is 1. The zero-order valence-electron chi connectivity index (χ0n) is 51.1. The van der Waals surface area contributed by atoms with Crippen molar-refractivity contribution in [2.45, 2.75) is 317 Å². The Balaban J connectivity index is 1.49. The first-order chi connectivity index (χ1) is 40.8. The summed E-state index contributed by atoms with van der Waals surface area (Å²) in [6, 6.07) is -0.998. The number of ether oxygens (including phenoxy) is 6. The first-order valence-electron chi connectivity index (χ1n) is 32.5. The molecule has 0 aromatic rings. The first kappa shape index (κ1) is 75.7. The van der Waals surface area contributed by atoms with Crippen LogP contribution in [0.1, 0.15) is 213 Å². The van der Waals surface area contributed by atoms with E-state index in [-0.39, 0.29) is 18.9 Å². The fourth-order valence-corrected chi connectivity index (χ4v) is 10.8. The van der Waals surface area contributed by atoms with E-state index in [1.165, 1.54) is 96.3 Å². The summed E-state index contributed by atoms with van der Waals surface area (Å²) in [7, 11) is 0. The summed E-state index contributed by atoms with van der Waals surface area (Å²) in [5, 5.41) is 120. The molecule has 3 rings (SSSR count). The maximum absolute atomic E-state index is 13.4. The monoisotopic (exact) mass is 1200 g/mol. The Morgan fingerprint density at radius 1 is 0.440 bits per heavy atom. The Kier molecular flexibility index (Phi) is 42.8. The van der Waals surface area contributed by atoms with Crippen LogP contribution in [-0.4, -0.2) is 193 Å². The fourth-order valence-electron chi connectivity index (χ4n) is 10.8. The topological polar surface area (TPSA) is 307 Å². The van der Waals surface area contributed by atoms with Gasteiger partial charge in [0.25, 0.3) is 0 Å². The molecule has 0 radical (unpaired) electrons. The Morgan fingerprint density at radius 3 is 1.33 bits per heavy atom. The minimum atomic E-state index is -1.98. The lowest BCUT2D eigenvalue weighted by atomic mass is 9.96. The number of allylic oxidation sites excluding steroid dienone is 9. The van der Waals surface area contributed by atoms with Crippen LogP contribution in [0.15, 0.2) is 60.8 Å². The molecule has 17 atom stereocenters. The quantitative estimate of drug-likeness (QED) is 0.0211. The third kappa shape index (κ3) is 30.1. The zero-order chi connectivity index (χ0) is 61.2. The lowest BCUT2D eigenvalue weighted by Gasteiger charge is -2.48. The molecule has 0 aromatic heterocycles. The van der Waals surface area contributed by atoms with E-state index in [1.807, 2.05) is 6.08 Å². The molecule has 0 aromatic carbocycles. The van der Waals surface area contributed by atoms with Gasteiger partial charge in [0, 0.05) is 6.42 Å². The van der Waals surface area contributed by atoms with Gasteiger partial charge in [0.05, 0.1) is 38.6 Å². The number of aliphatic hydroxyl groups excluding tert-OH is 11. The Bertz CT molecular complexity index is 1770. The number of hydrogen-bond acceptors (Lipinski definition) is 18. The van der Waals surface area contributed by atoms with Crippen molar-refractivity contribution in [1.82, 2.24) is 5.32 Å². The van der Waals surface area contributed by atoms with Gasteiger partial charge in [0.2, 0.25) is 5.91 Å². The van der Waals surface area contributed by atoms with Gasteiger partial charge < -0.3 is 89.9 Å². The van der Waals surface area contributed by atoms with Gasteiger partial charge in [-0.3, -0.25) is 4.79 Å².